The molecule has 3 heteroatoms. The lowest BCUT2D eigenvalue weighted by atomic mass is 10.2. The fourth-order valence-corrected chi connectivity index (χ4v) is 1.11. The van der Waals surface area contributed by atoms with Crippen LogP contribution in [0.5, 0.6) is 0 Å². The van der Waals surface area contributed by atoms with Crippen LogP contribution in [0, 0.1) is 0 Å². The second kappa shape index (κ2) is 2.35. The first-order chi connectivity index (χ1) is 4.18. The third-order valence-corrected chi connectivity index (χ3v) is 1.40. The molecule has 1 amide bonds. The summed E-state index contributed by atoms with van der Waals surface area (Å²) in [4.78, 5) is 10.7. The molecule has 0 aromatic carbocycles. The van der Waals surface area contributed by atoms with E-state index in [1.54, 1.807) is 0 Å². The molecule has 1 aliphatic rings. The van der Waals surface area contributed by atoms with Crippen molar-refractivity contribution >= 4 is 5.91 Å². The summed E-state index contributed by atoms with van der Waals surface area (Å²) in [6.07, 6.45) is 0.742. The van der Waals surface area contributed by atoms with Gasteiger partial charge in [-0.2, -0.15) is 0 Å². The number of amides is 1. The molecule has 1 rings (SSSR count). The topological polar surface area (TPSA) is 41.1 Å². The Morgan fingerprint density at radius 2 is 2.22 bits per heavy atom. The molecule has 1 aliphatic heterocycles. The van der Waals surface area contributed by atoms with E-state index >= 15 is 0 Å². The number of hydrogen-bond acceptors (Lipinski definition) is 2. The maximum absolute atomic E-state index is 10.7. The molecule has 0 aliphatic carbocycles. The molecule has 9 heavy (non-hydrogen) atoms. The van der Waals surface area contributed by atoms with Crippen LogP contribution in [0.2, 0.25) is 0 Å². The quantitative estimate of drug-likeness (QED) is 0.475. The zero-order valence-electron chi connectivity index (χ0n) is 5.77. The molecule has 2 unspecified atom stereocenters. The highest BCUT2D eigenvalue weighted by molar-refractivity contribution is 5.77. The van der Waals surface area contributed by atoms with Gasteiger partial charge >= 0.3 is 0 Å². The molecule has 2 N–H and O–H groups in total. The summed E-state index contributed by atoms with van der Waals surface area (Å²) < 4.78 is 0. The van der Waals surface area contributed by atoms with Crippen LogP contribution in [0.15, 0.2) is 0 Å². The lowest BCUT2D eigenvalue weighted by Gasteiger charge is -2.26. The molecule has 1 heterocycles. The Labute approximate surface area is 54.8 Å². The average Bonchev–Trinajstić information content (AvgIpc) is 1.59. The van der Waals surface area contributed by atoms with Crippen LogP contribution < -0.4 is 10.6 Å². The number of rotatable bonds is 0. The van der Waals surface area contributed by atoms with Crippen molar-refractivity contribution in [3.8, 4) is 0 Å². The van der Waals surface area contributed by atoms with E-state index in [1.165, 1.54) is 0 Å². The summed E-state index contributed by atoms with van der Waals surface area (Å²) in [6, 6.07) is 0.328. The molecule has 1 saturated heterocycles. The average molecular weight is 128 g/mol. The standard InChI is InChI=1S/C6H12N2O/c1-4-3-6(9)8-5(2)7-4/h4-5,7H,3H2,1-2H3,(H,8,9). The van der Waals surface area contributed by atoms with Gasteiger partial charge in [0.1, 0.15) is 0 Å². The summed E-state index contributed by atoms with van der Waals surface area (Å²) in [6.45, 7) is 3.95. The van der Waals surface area contributed by atoms with Gasteiger partial charge in [0.2, 0.25) is 5.91 Å². The van der Waals surface area contributed by atoms with E-state index in [2.05, 4.69) is 10.6 Å². The van der Waals surface area contributed by atoms with Crippen molar-refractivity contribution in [1.82, 2.24) is 10.6 Å². The van der Waals surface area contributed by atoms with Crippen molar-refractivity contribution in [3.05, 3.63) is 0 Å². The number of nitrogens with one attached hydrogen (secondary N) is 2. The molecule has 0 radical (unpaired) electrons. The molecular formula is C6H12N2O. The highest BCUT2D eigenvalue weighted by Gasteiger charge is 2.18. The van der Waals surface area contributed by atoms with E-state index < -0.39 is 0 Å². The Balaban J connectivity index is 2.43. The Kier molecular flexibility index (Phi) is 1.71. The maximum Gasteiger partial charge on any atom is 0.222 e. The molecule has 1 fully saturated rings. The van der Waals surface area contributed by atoms with Crippen LogP contribution in [0.4, 0.5) is 0 Å². The fourth-order valence-electron chi connectivity index (χ4n) is 1.11. The van der Waals surface area contributed by atoms with Gasteiger partial charge in [0.05, 0.1) is 6.17 Å². The minimum absolute atomic E-state index is 0.140. The molecule has 0 spiro atoms. The molecular weight excluding hydrogens is 116 g/mol. The van der Waals surface area contributed by atoms with E-state index in [1.807, 2.05) is 13.8 Å². The molecule has 0 bridgehead atoms. The first kappa shape index (κ1) is 6.55. The lowest BCUT2D eigenvalue weighted by molar-refractivity contribution is -0.124. The Hall–Kier alpha value is -0.570. The van der Waals surface area contributed by atoms with Crippen molar-refractivity contribution in [2.24, 2.45) is 0 Å². The first-order valence-corrected chi connectivity index (χ1v) is 3.24. The third kappa shape index (κ3) is 1.68. The van der Waals surface area contributed by atoms with Crippen LogP contribution >= 0.6 is 0 Å². The highest BCUT2D eigenvalue weighted by atomic mass is 16.1. The summed E-state index contributed by atoms with van der Waals surface area (Å²) in [7, 11) is 0. The van der Waals surface area contributed by atoms with Gasteiger partial charge in [0.15, 0.2) is 0 Å². The summed E-state index contributed by atoms with van der Waals surface area (Å²) in [5, 5.41) is 5.94. The van der Waals surface area contributed by atoms with Crippen molar-refractivity contribution in [1.29, 1.82) is 0 Å². The predicted octanol–water partition coefficient (Wildman–Crippen LogP) is -0.170. The number of carbonyl (C=O) groups is 1. The molecule has 52 valence electrons. The van der Waals surface area contributed by atoms with Crippen LogP contribution in [-0.4, -0.2) is 18.1 Å². The minimum Gasteiger partial charge on any atom is -0.341 e. The summed E-state index contributed by atoms with van der Waals surface area (Å²) >= 11 is 0. The predicted molar refractivity (Wildman–Crippen MR) is 34.8 cm³/mol. The van der Waals surface area contributed by atoms with Gasteiger partial charge < -0.3 is 5.32 Å². The lowest BCUT2D eigenvalue weighted by Crippen LogP contribution is -2.53. The maximum atomic E-state index is 10.7. The normalized spacial score (nSPS) is 36.0. The largest absolute Gasteiger partial charge is 0.341 e. The van der Waals surface area contributed by atoms with E-state index in [4.69, 9.17) is 0 Å². The van der Waals surface area contributed by atoms with Gasteiger partial charge in [-0.25, -0.2) is 0 Å². The third-order valence-electron chi connectivity index (χ3n) is 1.40. The van der Waals surface area contributed by atoms with Gasteiger partial charge in [0, 0.05) is 12.5 Å². The van der Waals surface area contributed by atoms with E-state index in [0.29, 0.717) is 12.5 Å². The summed E-state index contributed by atoms with van der Waals surface area (Å²) in [5.41, 5.74) is 0. The Morgan fingerprint density at radius 3 is 2.67 bits per heavy atom. The molecule has 0 aromatic heterocycles. The van der Waals surface area contributed by atoms with Crippen LogP contribution in [0.25, 0.3) is 0 Å². The van der Waals surface area contributed by atoms with Crippen molar-refractivity contribution in [3.63, 3.8) is 0 Å². The fraction of sp³-hybridized carbons (Fsp3) is 0.833. The second-order valence-corrected chi connectivity index (χ2v) is 2.56. The van der Waals surface area contributed by atoms with Crippen LogP contribution in [0.1, 0.15) is 20.3 Å². The van der Waals surface area contributed by atoms with Gasteiger partial charge in [-0.15, -0.1) is 0 Å². The van der Waals surface area contributed by atoms with Gasteiger partial charge in [0.25, 0.3) is 0 Å². The van der Waals surface area contributed by atoms with Crippen molar-refractivity contribution in [2.75, 3.05) is 0 Å². The van der Waals surface area contributed by atoms with E-state index in [-0.39, 0.29) is 12.1 Å². The molecule has 2 atom stereocenters. The number of carbonyl (C=O) groups excluding carboxylic acids is 1. The van der Waals surface area contributed by atoms with E-state index in [9.17, 15) is 4.79 Å². The highest BCUT2D eigenvalue weighted by Crippen LogP contribution is 1.97. The van der Waals surface area contributed by atoms with Gasteiger partial charge in [-0.3, -0.25) is 10.1 Å². The van der Waals surface area contributed by atoms with Crippen LogP contribution in [0.3, 0.4) is 0 Å². The van der Waals surface area contributed by atoms with Crippen molar-refractivity contribution < 1.29 is 4.79 Å². The van der Waals surface area contributed by atoms with Crippen molar-refractivity contribution in [2.45, 2.75) is 32.5 Å². The minimum atomic E-state index is 0.140. The Morgan fingerprint density at radius 1 is 1.56 bits per heavy atom. The smallest absolute Gasteiger partial charge is 0.222 e. The summed E-state index contributed by atoms with van der Waals surface area (Å²) in [5.74, 6) is 0.147. The zero-order chi connectivity index (χ0) is 6.85. The molecule has 0 saturated carbocycles. The second-order valence-electron chi connectivity index (χ2n) is 2.56. The first-order valence-electron chi connectivity index (χ1n) is 3.24. The Bertz CT molecular complexity index is 112. The SMILES string of the molecule is CC1CC(=O)NC(C)N1. The molecule has 0 aromatic rings. The van der Waals surface area contributed by atoms with Crippen LogP contribution in [-0.2, 0) is 4.79 Å². The van der Waals surface area contributed by atoms with E-state index in [0.717, 1.165) is 0 Å². The zero-order valence-corrected chi connectivity index (χ0v) is 5.77. The monoisotopic (exact) mass is 128 g/mol. The number of hydrogen-bond donors (Lipinski definition) is 2. The van der Waals surface area contributed by atoms with Gasteiger partial charge in [-0.1, -0.05) is 0 Å². The molecule has 3 nitrogen and oxygen atoms in total. The van der Waals surface area contributed by atoms with Gasteiger partial charge in [-0.05, 0) is 13.8 Å².